The quantitative estimate of drug-likeness (QED) is 0.348. The number of carbonyl (C=O) groups is 1. The zero-order chi connectivity index (χ0) is 30.7. The SMILES string of the molecule is CC(C)NC(=O)C1CN(Cc2ccc(-c3ccc(C(O)(C(F)(F)F)C(F)(F)F)cc3)cc2)CCN1Cc1ccncc1. The molecule has 1 aliphatic rings. The van der Waals surface area contributed by atoms with E-state index in [1.165, 1.54) is 0 Å². The van der Waals surface area contributed by atoms with Gasteiger partial charge in [-0.25, -0.2) is 0 Å². The van der Waals surface area contributed by atoms with Crippen LogP contribution in [0.3, 0.4) is 0 Å². The lowest BCUT2D eigenvalue weighted by Gasteiger charge is -2.41. The second kappa shape index (κ2) is 12.4. The van der Waals surface area contributed by atoms with E-state index < -0.39 is 23.5 Å². The topological polar surface area (TPSA) is 68.7 Å². The Kier molecular flexibility index (Phi) is 9.29. The van der Waals surface area contributed by atoms with Gasteiger partial charge >= 0.3 is 12.4 Å². The van der Waals surface area contributed by atoms with Crippen LogP contribution >= 0.6 is 0 Å². The monoisotopic (exact) mass is 594 g/mol. The lowest BCUT2D eigenvalue weighted by Crippen LogP contribution is -2.59. The van der Waals surface area contributed by atoms with Gasteiger partial charge < -0.3 is 10.4 Å². The van der Waals surface area contributed by atoms with E-state index in [9.17, 15) is 36.2 Å². The van der Waals surface area contributed by atoms with E-state index >= 15 is 0 Å². The van der Waals surface area contributed by atoms with Crippen molar-refractivity contribution in [3.8, 4) is 11.1 Å². The van der Waals surface area contributed by atoms with Gasteiger partial charge in [-0.2, -0.15) is 26.3 Å². The zero-order valence-corrected chi connectivity index (χ0v) is 23.1. The number of aromatic nitrogens is 1. The summed E-state index contributed by atoms with van der Waals surface area (Å²) >= 11 is 0. The maximum Gasteiger partial charge on any atom is 0.430 e. The van der Waals surface area contributed by atoms with Crippen molar-refractivity contribution in [2.45, 2.75) is 57.0 Å². The van der Waals surface area contributed by atoms with Crippen LogP contribution < -0.4 is 5.32 Å². The van der Waals surface area contributed by atoms with Gasteiger partial charge in [0, 0.05) is 56.7 Å². The Bertz CT molecular complexity index is 1320. The van der Waals surface area contributed by atoms with Crippen LogP contribution in [-0.2, 0) is 23.5 Å². The van der Waals surface area contributed by atoms with Gasteiger partial charge in [-0.1, -0.05) is 48.5 Å². The van der Waals surface area contributed by atoms with Crippen LogP contribution in [0.15, 0.2) is 73.1 Å². The highest BCUT2D eigenvalue weighted by molar-refractivity contribution is 5.82. The van der Waals surface area contributed by atoms with Gasteiger partial charge in [-0.3, -0.25) is 19.6 Å². The molecule has 1 atom stereocenters. The van der Waals surface area contributed by atoms with E-state index in [1.807, 2.05) is 38.1 Å². The third-order valence-corrected chi connectivity index (χ3v) is 7.26. The summed E-state index contributed by atoms with van der Waals surface area (Å²) in [4.78, 5) is 21.4. The molecule has 226 valence electrons. The van der Waals surface area contributed by atoms with Crippen LogP contribution in [0.2, 0.25) is 0 Å². The number of nitrogens with one attached hydrogen (secondary N) is 1. The Balaban J connectivity index is 1.45. The summed E-state index contributed by atoms with van der Waals surface area (Å²) in [6, 6.07) is 14.1. The van der Waals surface area contributed by atoms with Crippen LogP contribution in [0, 0.1) is 0 Å². The number of hydrogen-bond donors (Lipinski definition) is 2. The van der Waals surface area contributed by atoms with Crippen LogP contribution in [-0.4, -0.2) is 69.9 Å². The van der Waals surface area contributed by atoms with Gasteiger partial charge in [0.1, 0.15) is 6.04 Å². The van der Waals surface area contributed by atoms with Crippen molar-refractivity contribution in [3.63, 3.8) is 0 Å². The third-order valence-electron chi connectivity index (χ3n) is 7.26. The summed E-state index contributed by atoms with van der Waals surface area (Å²) in [5, 5.41) is 12.6. The molecule has 2 aromatic carbocycles. The van der Waals surface area contributed by atoms with E-state index in [0.29, 0.717) is 49.4 Å². The maximum atomic E-state index is 13.2. The minimum Gasteiger partial charge on any atom is -0.369 e. The molecule has 0 spiro atoms. The van der Waals surface area contributed by atoms with E-state index in [-0.39, 0.29) is 18.0 Å². The molecule has 0 radical (unpaired) electrons. The van der Waals surface area contributed by atoms with E-state index in [1.54, 1.807) is 24.5 Å². The molecule has 4 rings (SSSR count). The first-order valence-electron chi connectivity index (χ1n) is 13.4. The predicted molar refractivity (Wildman–Crippen MR) is 145 cm³/mol. The predicted octanol–water partition coefficient (Wildman–Crippen LogP) is 5.27. The van der Waals surface area contributed by atoms with Crippen molar-refractivity contribution < 1.29 is 36.2 Å². The molecule has 1 fully saturated rings. The molecule has 2 N–H and O–H groups in total. The maximum absolute atomic E-state index is 13.2. The molecule has 1 aromatic heterocycles. The summed E-state index contributed by atoms with van der Waals surface area (Å²) in [7, 11) is 0. The molecule has 12 heteroatoms. The molecule has 0 aliphatic carbocycles. The fourth-order valence-corrected chi connectivity index (χ4v) is 5.01. The average Bonchev–Trinajstić information content (AvgIpc) is 2.93. The number of amides is 1. The number of benzene rings is 2. The lowest BCUT2D eigenvalue weighted by molar-refractivity contribution is -0.376. The minimum atomic E-state index is -5.94. The second-order valence-electron chi connectivity index (χ2n) is 10.7. The summed E-state index contributed by atoms with van der Waals surface area (Å²) < 4.78 is 79.1. The minimum absolute atomic E-state index is 0.00650. The van der Waals surface area contributed by atoms with Crippen molar-refractivity contribution >= 4 is 5.91 Å². The van der Waals surface area contributed by atoms with Gasteiger partial charge in [-0.15, -0.1) is 0 Å². The molecular formula is C30H32F6N4O2. The van der Waals surface area contributed by atoms with Crippen LogP contribution in [0.1, 0.15) is 30.5 Å². The Morgan fingerprint density at radius 3 is 1.90 bits per heavy atom. The fourth-order valence-electron chi connectivity index (χ4n) is 5.01. The first-order chi connectivity index (χ1) is 19.7. The molecule has 0 saturated carbocycles. The first kappa shape index (κ1) is 31.5. The van der Waals surface area contributed by atoms with Gasteiger partial charge in [0.2, 0.25) is 5.91 Å². The molecule has 0 bridgehead atoms. The fraction of sp³-hybridized carbons (Fsp3) is 0.400. The highest BCUT2D eigenvalue weighted by atomic mass is 19.4. The number of aliphatic hydroxyl groups is 1. The number of alkyl halides is 6. The van der Waals surface area contributed by atoms with Crippen molar-refractivity contribution in [1.82, 2.24) is 20.1 Å². The highest BCUT2D eigenvalue weighted by Crippen LogP contribution is 2.50. The molecule has 1 unspecified atom stereocenters. The number of hydrogen-bond acceptors (Lipinski definition) is 5. The Hall–Kier alpha value is -3.48. The van der Waals surface area contributed by atoms with Crippen molar-refractivity contribution in [3.05, 3.63) is 89.7 Å². The van der Waals surface area contributed by atoms with Crippen molar-refractivity contribution in [2.75, 3.05) is 19.6 Å². The van der Waals surface area contributed by atoms with E-state index in [4.69, 9.17) is 0 Å². The molecule has 3 aromatic rings. The number of piperazine rings is 1. The van der Waals surface area contributed by atoms with E-state index in [0.717, 1.165) is 29.8 Å². The summed E-state index contributed by atoms with van der Waals surface area (Å²) in [5.41, 5.74) is -3.29. The smallest absolute Gasteiger partial charge is 0.369 e. The van der Waals surface area contributed by atoms with E-state index in [2.05, 4.69) is 20.1 Å². The third kappa shape index (κ3) is 6.93. The second-order valence-corrected chi connectivity index (χ2v) is 10.7. The van der Waals surface area contributed by atoms with Gasteiger partial charge in [0.25, 0.3) is 5.60 Å². The van der Waals surface area contributed by atoms with Gasteiger partial charge in [0.15, 0.2) is 0 Å². The average molecular weight is 595 g/mol. The Morgan fingerprint density at radius 2 is 1.38 bits per heavy atom. The highest BCUT2D eigenvalue weighted by Gasteiger charge is 2.71. The van der Waals surface area contributed by atoms with Crippen molar-refractivity contribution in [2.24, 2.45) is 0 Å². The molecular weight excluding hydrogens is 562 g/mol. The summed E-state index contributed by atoms with van der Waals surface area (Å²) in [6.45, 7) is 6.89. The van der Waals surface area contributed by atoms with Crippen LogP contribution in [0.4, 0.5) is 26.3 Å². The Morgan fingerprint density at radius 1 is 0.857 bits per heavy atom. The molecule has 6 nitrogen and oxygen atoms in total. The molecule has 1 aliphatic heterocycles. The van der Waals surface area contributed by atoms with Gasteiger partial charge in [-0.05, 0) is 48.2 Å². The summed E-state index contributed by atoms with van der Waals surface area (Å²) in [5.74, 6) is -0.0505. The number of rotatable bonds is 8. The van der Waals surface area contributed by atoms with Gasteiger partial charge in [0.05, 0.1) is 0 Å². The summed E-state index contributed by atoms with van der Waals surface area (Å²) in [6.07, 6.45) is -8.43. The standard InChI is InChI=1S/C30H32F6N4O2/c1-20(2)38-27(41)26-19-39(15-16-40(26)18-22-11-13-37-14-12-22)17-21-3-5-23(6-4-21)24-7-9-25(10-8-24)28(42,29(31,32)33)30(34,35)36/h3-14,20,26,42H,15-19H2,1-2H3,(H,38,41). The molecule has 1 amide bonds. The van der Waals surface area contributed by atoms with Crippen molar-refractivity contribution in [1.29, 1.82) is 0 Å². The zero-order valence-electron chi connectivity index (χ0n) is 23.1. The Labute approximate surface area is 240 Å². The largest absolute Gasteiger partial charge is 0.430 e. The lowest BCUT2D eigenvalue weighted by atomic mass is 9.90. The van der Waals surface area contributed by atoms with Crippen LogP contribution in [0.25, 0.3) is 11.1 Å². The molecule has 1 saturated heterocycles. The number of pyridine rings is 1. The molecule has 2 heterocycles. The number of halogens is 6. The number of nitrogens with zero attached hydrogens (tertiary/aromatic N) is 3. The first-order valence-corrected chi connectivity index (χ1v) is 13.4. The molecule has 42 heavy (non-hydrogen) atoms. The normalized spacial score (nSPS) is 17.4. The number of carbonyl (C=O) groups excluding carboxylic acids is 1. The van der Waals surface area contributed by atoms with Crippen LogP contribution in [0.5, 0.6) is 0 Å².